The van der Waals surface area contributed by atoms with Crippen LogP contribution in [-0.2, 0) is 0 Å². The van der Waals surface area contributed by atoms with Crippen molar-refractivity contribution in [1.29, 1.82) is 0 Å². The Bertz CT molecular complexity index is 1660. The van der Waals surface area contributed by atoms with Gasteiger partial charge in [0.2, 0.25) is 0 Å². The van der Waals surface area contributed by atoms with E-state index in [-0.39, 0.29) is 0 Å². The molecule has 42 heavy (non-hydrogen) atoms. The molecule has 0 aliphatic heterocycles. The van der Waals surface area contributed by atoms with E-state index < -0.39 is 0 Å². The maximum Gasteiger partial charge on any atom is -0.0105 e. The molecule has 6 aromatic carbocycles. The highest BCUT2D eigenvalue weighted by atomic mass is 14.1. The Hall–Kier alpha value is -5.20. The predicted molar refractivity (Wildman–Crippen MR) is 181 cm³/mol. The van der Waals surface area contributed by atoms with Crippen LogP contribution in [0.2, 0.25) is 0 Å². The fourth-order valence-corrected chi connectivity index (χ4v) is 5.25. The minimum absolute atomic E-state index is 1.18. The Morgan fingerprint density at radius 3 is 0.976 bits per heavy atom. The second-order valence-corrected chi connectivity index (χ2v) is 10.8. The lowest BCUT2D eigenvalue weighted by atomic mass is 9.94. The summed E-state index contributed by atoms with van der Waals surface area (Å²) in [4.78, 5) is 0. The lowest BCUT2D eigenvalue weighted by Crippen LogP contribution is -1.89. The first kappa shape index (κ1) is 27.0. The van der Waals surface area contributed by atoms with Crippen molar-refractivity contribution in [3.05, 3.63) is 202 Å². The first-order valence-electron chi connectivity index (χ1n) is 14.5. The number of hydrogen-bond donors (Lipinski definition) is 0. The van der Waals surface area contributed by atoms with Crippen molar-refractivity contribution in [1.82, 2.24) is 0 Å². The lowest BCUT2D eigenvalue weighted by molar-refractivity contribution is 1.45. The van der Waals surface area contributed by atoms with Crippen LogP contribution in [-0.4, -0.2) is 0 Å². The van der Waals surface area contributed by atoms with Crippen molar-refractivity contribution in [2.24, 2.45) is 0 Å². The number of hydrogen-bond acceptors (Lipinski definition) is 0. The molecular weight excluding hydrogens is 504 g/mol. The van der Waals surface area contributed by atoms with Crippen LogP contribution in [0, 0.1) is 13.8 Å². The molecule has 0 amide bonds. The molecule has 0 spiro atoms. The van der Waals surface area contributed by atoms with Crippen LogP contribution in [0.4, 0.5) is 0 Å². The zero-order valence-electron chi connectivity index (χ0n) is 24.2. The minimum atomic E-state index is 1.18. The van der Waals surface area contributed by atoms with Crippen molar-refractivity contribution in [3.63, 3.8) is 0 Å². The van der Waals surface area contributed by atoms with Crippen molar-refractivity contribution in [3.8, 4) is 11.1 Å². The van der Waals surface area contributed by atoms with Crippen molar-refractivity contribution in [2.75, 3.05) is 0 Å². The topological polar surface area (TPSA) is 0 Å². The molecule has 0 nitrogen and oxygen atoms in total. The second kappa shape index (κ2) is 12.5. The molecule has 0 saturated heterocycles. The van der Waals surface area contributed by atoms with E-state index in [4.69, 9.17) is 0 Å². The van der Waals surface area contributed by atoms with Crippen LogP contribution in [0.3, 0.4) is 0 Å². The molecule has 6 aromatic rings. The van der Waals surface area contributed by atoms with E-state index in [2.05, 4.69) is 184 Å². The highest BCUT2D eigenvalue weighted by molar-refractivity contribution is 5.92. The zero-order valence-corrected chi connectivity index (χ0v) is 24.2. The van der Waals surface area contributed by atoms with Crippen LogP contribution in [0.1, 0.15) is 44.5 Å². The standard InChI is InChI=1S/C42H34/c1-31-13-21-39(22-14-31)41(37-9-5-3-6-10-37)29-33-17-25-35(26-18-33)36-27-19-34(20-28-36)30-42(38-11-7-4-8-12-38)40-23-15-32(2)16-24-40/h3-30H,1-2H3. The molecule has 0 aliphatic rings. The summed E-state index contributed by atoms with van der Waals surface area (Å²) >= 11 is 0. The van der Waals surface area contributed by atoms with Crippen molar-refractivity contribution in [2.45, 2.75) is 13.8 Å². The number of rotatable bonds is 7. The van der Waals surface area contributed by atoms with Gasteiger partial charge in [-0.1, -0.05) is 169 Å². The Balaban J connectivity index is 1.28. The third-order valence-electron chi connectivity index (χ3n) is 7.67. The zero-order chi connectivity index (χ0) is 28.7. The maximum absolute atomic E-state index is 2.29. The summed E-state index contributed by atoms with van der Waals surface area (Å²) in [6.45, 7) is 4.26. The average Bonchev–Trinajstić information content (AvgIpc) is 3.05. The second-order valence-electron chi connectivity index (χ2n) is 10.8. The van der Waals surface area contributed by atoms with E-state index in [0.29, 0.717) is 0 Å². The largest absolute Gasteiger partial charge is 0.0622 e. The van der Waals surface area contributed by atoms with Gasteiger partial charge in [-0.05, 0) is 81.7 Å². The summed E-state index contributed by atoms with van der Waals surface area (Å²) in [5.41, 5.74) is 14.6. The van der Waals surface area contributed by atoms with Gasteiger partial charge in [0.1, 0.15) is 0 Å². The van der Waals surface area contributed by atoms with Gasteiger partial charge in [-0.2, -0.15) is 0 Å². The number of benzene rings is 6. The quantitative estimate of drug-likeness (QED) is 0.177. The molecule has 0 radical (unpaired) electrons. The molecule has 202 valence electrons. The minimum Gasteiger partial charge on any atom is -0.0622 e. The van der Waals surface area contributed by atoms with Gasteiger partial charge < -0.3 is 0 Å². The van der Waals surface area contributed by atoms with Crippen LogP contribution in [0.25, 0.3) is 34.4 Å². The summed E-state index contributed by atoms with van der Waals surface area (Å²) in [6.07, 6.45) is 4.57. The van der Waals surface area contributed by atoms with Gasteiger partial charge in [0.15, 0.2) is 0 Å². The normalized spacial score (nSPS) is 11.9. The van der Waals surface area contributed by atoms with Gasteiger partial charge in [-0.15, -0.1) is 0 Å². The third-order valence-corrected chi connectivity index (χ3v) is 7.67. The summed E-state index contributed by atoms with van der Waals surface area (Å²) in [7, 11) is 0. The average molecular weight is 539 g/mol. The molecule has 0 saturated carbocycles. The van der Waals surface area contributed by atoms with E-state index in [1.807, 2.05) is 0 Å². The highest BCUT2D eigenvalue weighted by Crippen LogP contribution is 2.30. The first-order chi connectivity index (χ1) is 20.6. The predicted octanol–water partition coefficient (Wildman–Crippen LogP) is 11.1. The van der Waals surface area contributed by atoms with E-state index >= 15 is 0 Å². The third kappa shape index (κ3) is 6.40. The van der Waals surface area contributed by atoms with E-state index in [1.165, 1.54) is 66.8 Å². The molecule has 0 N–H and O–H groups in total. The van der Waals surface area contributed by atoms with E-state index in [1.54, 1.807) is 0 Å². The molecule has 6 rings (SSSR count). The van der Waals surface area contributed by atoms with Crippen molar-refractivity contribution >= 4 is 23.3 Å². The van der Waals surface area contributed by atoms with Gasteiger partial charge in [0.25, 0.3) is 0 Å². The molecule has 0 fully saturated rings. The summed E-state index contributed by atoms with van der Waals surface area (Å²) in [5, 5.41) is 0. The number of aryl methyl sites for hydroxylation is 2. The lowest BCUT2D eigenvalue weighted by Gasteiger charge is -2.11. The van der Waals surface area contributed by atoms with Gasteiger partial charge in [0, 0.05) is 0 Å². The molecule has 0 atom stereocenters. The van der Waals surface area contributed by atoms with E-state index in [9.17, 15) is 0 Å². The molecule has 0 heteroatoms. The molecule has 0 heterocycles. The molecule has 0 bridgehead atoms. The molecular formula is C42H34. The van der Waals surface area contributed by atoms with Crippen LogP contribution >= 0.6 is 0 Å². The Kier molecular flexibility index (Phi) is 8.06. The van der Waals surface area contributed by atoms with Crippen LogP contribution in [0.15, 0.2) is 158 Å². The van der Waals surface area contributed by atoms with Gasteiger partial charge in [-0.3, -0.25) is 0 Å². The maximum atomic E-state index is 2.29. The molecule has 0 aliphatic carbocycles. The Labute approximate surface area is 250 Å². The van der Waals surface area contributed by atoms with E-state index in [0.717, 1.165) is 0 Å². The van der Waals surface area contributed by atoms with Crippen molar-refractivity contribution < 1.29 is 0 Å². The Morgan fingerprint density at radius 1 is 0.333 bits per heavy atom. The first-order valence-corrected chi connectivity index (χ1v) is 14.5. The molecule has 0 unspecified atom stereocenters. The summed E-state index contributed by atoms with van der Waals surface area (Å²) < 4.78 is 0. The SMILES string of the molecule is Cc1ccc(C(=Cc2ccc(-c3ccc(C=C(c4ccccc4)c4ccc(C)cc4)cc3)cc2)c2ccccc2)cc1. The monoisotopic (exact) mass is 538 g/mol. The summed E-state index contributed by atoms with van der Waals surface area (Å²) in [5.74, 6) is 0. The highest BCUT2D eigenvalue weighted by Gasteiger charge is 2.08. The summed E-state index contributed by atoms with van der Waals surface area (Å²) in [6, 6.07) is 56.5. The van der Waals surface area contributed by atoms with Gasteiger partial charge in [-0.25, -0.2) is 0 Å². The molecule has 0 aromatic heterocycles. The van der Waals surface area contributed by atoms with Gasteiger partial charge >= 0.3 is 0 Å². The van der Waals surface area contributed by atoms with Gasteiger partial charge in [0.05, 0.1) is 0 Å². The fourth-order valence-electron chi connectivity index (χ4n) is 5.25. The fraction of sp³-hybridized carbons (Fsp3) is 0.0476. The van der Waals surface area contributed by atoms with Crippen LogP contribution < -0.4 is 0 Å². The smallest absolute Gasteiger partial charge is 0.0105 e. The van der Waals surface area contributed by atoms with Crippen LogP contribution in [0.5, 0.6) is 0 Å². The Morgan fingerprint density at radius 2 is 0.643 bits per heavy atom.